The average Bonchev–Trinajstić information content (AvgIpc) is 2.70. The van der Waals surface area contributed by atoms with Crippen LogP contribution in [0.25, 0.3) is 0 Å². The molecule has 8 N–H and O–H groups in total. The van der Waals surface area contributed by atoms with Gasteiger partial charge in [0.15, 0.2) is 0 Å². The van der Waals surface area contributed by atoms with Crippen LogP contribution in [0.3, 0.4) is 0 Å². The third kappa shape index (κ3) is 3.70. The molecule has 0 atom stereocenters. The number of amides is 4. The van der Waals surface area contributed by atoms with E-state index in [0.29, 0.717) is 33.1 Å². The summed E-state index contributed by atoms with van der Waals surface area (Å²) < 4.78 is 5.11. The van der Waals surface area contributed by atoms with Crippen LogP contribution in [0.5, 0.6) is 5.75 Å². The number of hydrogen-bond acceptors (Lipinski definition) is 8. The van der Waals surface area contributed by atoms with E-state index < -0.39 is 18.0 Å². The van der Waals surface area contributed by atoms with Gasteiger partial charge in [0.2, 0.25) is 0 Å². The van der Waals surface area contributed by atoms with Crippen molar-refractivity contribution in [3.05, 3.63) is 51.0 Å². The van der Waals surface area contributed by atoms with Gasteiger partial charge >= 0.3 is 12.1 Å². The van der Waals surface area contributed by atoms with E-state index in [1.54, 1.807) is 24.3 Å². The molecule has 1 aliphatic rings. The lowest BCUT2D eigenvalue weighted by Crippen LogP contribution is -2.44. The number of benzene rings is 1. The number of urea groups is 2. The summed E-state index contributed by atoms with van der Waals surface area (Å²) in [4.78, 5) is 23.2. The first-order valence-electron chi connectivity index (χ1n) is 7.55. The molecule has 1 aromatic carbocycles. The van der Waals surface area contributed by atoms with Crippen molar-refractivity contribution < 1.29 is 14.3 Å². The van der Waals surface area contributed by atoms with E-state index >= 15 is 0 Å². The van der Waals surface area contributed by atoms with Crippen LogP contribution in [0.1, 0.15) is 11.5 Å². The molecule has 28 heavy (non-hydrogen) atoms. The van der Waals surface area contributed by atoms with Crippen LogP contribution in [0.4, 0.5) is 9.59 Å². The van der Waals surface area contributed by atoms with E-state index in [4.69, 9.17) is 27.9 Å². The summed E-state index contributed by atoms with van der Waals surface area (Å²) in [5, 5.41) is 20.4. The predicted molar refractivity (Wildman–Crippen MR) is 99.8 cm³/mol. The molecule has 0 fully saturated rings. The van der Waals surface area contributed by atoms with Crippen molar-refractivity contribution in [2.45, 2.75) is 5.92 Å². The smallest absolute Gasteiger partial charge is 0.334 e. The van der Waals surface area contributed by atoms with E-state index in [2.05, 4.69) is 0 Å². The number of hydrogen-bond donors (Lipinski definition) is 4. The second kappa shape index (κ2) is 8.32. The molecule has 0 bridgehead atoms. The van der Waals surface area contributed by atoms with Gasteiger partial charge in [0.05, 0.1) is 36.3 Å². The fourth-order valence-corrected chi connectivity index (χ4v) is 3.61. The number of nitrogens with two attached hydrogens (primary N) is 4. The second-order valence-electron chi connectivity index (χ2n) is 5.39. The minimum absolute atomic E-state index is 0.0189. The zero-order valence-corrected chi connectivity index (χ0v) is 15.4. The summed E-state index contributed by atoms with van der Waals surface area (Å²) >= 11 is 0.666. The largest absolute Gasteiger partial charge is 0.497 e. The Labute approximate surface area is 164 Å². The van der Waals surface area contributed by atoms with Crippen LogP contribution in [0, 0.1) is 22.7 Å². The number of carbonyl (C=O) groups is 2. The van der Waals surface area contributed by atoms with Gasteiger partial charge in [0.1, 0.15) is 15.8 Å². The van der Waals surface area contributed by atoms with Gasteiger partial charge in [0.25, 0.3) is 0 Å². The molecule has 0 saturated carbocycles. The number of carbonyl (C=O) groups excluding carboxylic acids is 2. The summed E-state index contributed by atoms with van der Waals surface area (Å²) in [6, 6.07) is 8.32. The number of methoxy groups -OCH3 is 1. The van der Waals surface area contributed by atoms with Gasteiger partial charge in [0, 0.05) is 0 Å². The molecule has 1 heterocycles. The van der Waals surface area contributed by atoms with Crippen molar-refractivity contribution in [2.24, 2.45) is 23.2 Å². The molecule has 0 saturated heterocycles. The highest BCUT2D eigenvalue weighted by Gasteiger charge is 2.38. The Hall–Kier alpha value is -3.71. The number of ether oxygens (including phenoxy) is 1. The Kier molecular flexibility index (Phi) is 6.12. The lowest BCUT2D eigenvalue weighted by molar-refractivity contribution is 0.223. The van der Waals surface area contributed by atoms with Crippen LogP contribution in [0.15, 0.2) is 45.5 Å². The van der Waals surface area contributed by atoms with E-state index in [1.807, 2.05) is 12.1 Å². The van der Waals surface area contributed by atoms with E-state index in [-0.39, 0.29) is 21.2 Å². The number of primary amides is 2. The first-order valence-corrected chi connectivity index (χ1v) is 8.37. The Balaban J connectivity index is 2.78. The molecule has 12 heteroatoms. The standard InChI is InChI=1S/C16H16N8O3S/c1-27-9-4-2-8(3-5-9)12-10(6-17)13(23(21)15(19)25)28-14(11(12)7-18)24(22)16(20)26/h2-5,12H,21-22H2,1H3,(H2,19,25)(H2,20,26). The van der Waals surface area contributed by atoms with Crippen LogP contribution in [-0.4, -0.2) is 29.2 Å². The van der Waals surface area contributed by atoms with E-state index in [1.165, 1.54) is 7.11 Å². The van der Waals surface area contributed by atoms with Crippen molar-refractivity contribution in [2.75, 3.05) is 7.11 Å². The molecule has 11 nitrogen and oxygen atoms in total. The minimum atomic E-state index is -1.05. The van der Waals surface area contributed by atoms with Crippen LogP contribution < -0.4 is 27.9 Å². The Morgan fingerprint density at radius 1 is 1.00 bits per heavy atom. The number of allylic oxidation sites excluding steroid dienone is 2. The first kappa shape index (κ1) is 20.6. The van der Waals surface area contributed by atoms with Crippen molar-refractivity contribution in [3.63, 3.8) is 0 Å². The van der Waals surface area contributed by atoms with E-state index in [0.717, 1.165) is 0 Å². The predicted octanol–water partition coefficient (Wildman–Crippen LogP) is 0.505. The molecule has 0 aromatic heterocycles. The summed E-state index contributed by atoms with van der Waals surface area (Å²) in [6.45, 7) is 0. The van der Waals surface area contributed by atoms with Crippen LogP contribution >= 0.6 is 11.8 Å². The third-order valence-corrected chi connectivity index (χ3v) is 5.05. The molecule has 144 valence electrons. The minimum Gasteiger partial charge on any atom is -0.497 e. The molecule has 1 aromatic rings. The second-order valence-corrected chi connectivity index (χ2v) is 6.36. The maximum Gasteiger partial charge on any atom is 0.334 e. The lowest BCUT2D eigenvalue weighted by atomic mass is 9.85. The number of nitrogens with zero attached hydrogens (tertiary/aromatic N) is 4. The van der Waals surface area contributed by atoms with Gasteiger partial charge in [-0.2, -0.15) is 10.5 Å². The fraction of sp³-hybridized carbons (Fsp3) is 0.125. The quantitative estimate of drug-likeness (QED) is 0.317. The van der Waals surface area contributed by atoms with Gasteiger partial charge in [-0.3, -0.25) is 0 Å². The Morgan fingerprint density at radius 3 is 1.75 bits per heavy atom. The van der Waals surface area contributed by atoms with Crippen molar-refractivity contribution in [1.82, 2.24) is 10.0 Å². The van der Waals surface area contributed by atoms with Crippen molar-refractivity contribution in [3.8, 4) is 17.9 Å². The van der Waals surface area contributed by atoms with E-state index in [9.17, 15) is 20.1 Å². The molecule has 0 unspecified atom stereocenters. The SMILES string of the molecule is COc1ccc(C2C(C#N)=C(N(N)C(N)=O)SC(N(N)C(N)=O)=C2C#N)cc1. The zero-order chi connectivity index (χ0) is 21.0. The maximum atomic E-state index is 11.6. The highest BCUT2D eigenvalue weighted by Crippen LogP contribution is 2.47. The summed E-state index contributed by atoms with van der Waals surface area (Å²) in [5.41, 5.74) is 10.9. The molecular formula is C16H16N8O3S. The summed E-state index contributed by atoms with van der Waals surface area (Å²) in [6.07, 6.45) is 0. The number of thioether (sulfide) groups is 1. The van der Waals surface area contributed by atoms with Gasteiger partial charge in [-0.15, -0.1) is 0 Å². The van der Waals surface area contributed by atoms with Gasteiger partial charge in [-0.05, 0) is 29.5 Å². The topological polar surface area (TPSA) is 202 Å². The molecular weight excluding hydrogens is 384 g/mol. The number of hydrazine groups is 2. The highest BCUT2D eigenvalue weighted by molar-refractivity contribution is 8.06. The van der Waals surface area contributed by atoms with Gasteiger partial charge < -0.3 is 16.2 Å². The van der Waals surface area contributed by atoms with Gasteiger partial charge in [-0.25, -0.2) is 31.3 Å². The molecule has 0 radical (unpaired) electrons. The molecule has 1 aliphatic heterocycles. The number of nitriles is 2. The summed E-state index contributed by atoms with van der Waals surface area (Å²) in [7, 11) is 1.49. The fourth-order valence-electron chi connectivity index (χ4n) is 2.51. The number of rotatable bonds is 4. The highest BCUT2D eigenvalue weighted by atomic mass is 32.2. The lowest BCUT2D eigenvalue weighted by Gasteiger charge is -2.31. The molecule has 0 spiro atoms. The first-order chi connectivity index (χ1) is 13.3. The normalized spacial score (nSPS) is 14.2. The Morgan fingerprint density at radius 2 is 1.43 bits per heavy atom. The zero-order valence-electron chi connectivity index (χ0n) is 14.6. The van der Waals surface area contributed by atoms with Gasteiger partial charge in [-0.1, -0.05) is 12.1 Å². The van der Waals surface area contributed by atoms with Crippen molar-refractivity contribution in [1.29, 1.82) is 10.5 Å². The molecule has 0 aliphatic carbocycles. The van der Waals surface area contributed by atoms with Crippen molar-refractivity contribution >= 4 is 23.8 Å². The average molecular weight is 400 g/mol. The van der Waals surface area contributed by atoms with Crippen LogP contribution in [-0.2, 0) is 0 Å². The maximum absolute atomic E-state index is 11.6. The Bertz CT molecular complexity index is 904. The monoisotopic (exact) mass is 400 g/mol. The third-order valence-electron chi connectivity index (χ3n) is 3.83. The molecule has 4 amide bonds. The summed E-state index contributed by atoms with van der Waals surface area (Å²) in [5.74, 6) is 11.0. The molecule has 2 rings (SSSR count). The van der Waals surface area contributed by atoms with Crippen LogP contribution in [0.2, 0.25) is 0 Å².